The molecule has 1 aliphatic heterocycles. The van der Waals surface area contributed by atoms with E-state index in [9.17, 15) is 15.2 Å². The second-order valence-corrected chi connectivity index (χ2v) is 6.99. The summed E-state index contributed by atoms with van der Waals surface area (Å²) in [6, 6.07) is 1.51. The summed E-state index contributed by atoms with van der Waals surface area (Å²) >= 11 is 1.34. The number of nitro groups is 1. The Bertz CT molecular complexity index is 491. The zero-order chi connectivity index (χ0) is 14.9. The van der Waals surface area contributed by atoms with Crippen molar-refractivity contribution in [3.8, 4) is 0 Å². The summed E-state index contributed by atoms with van der Waals surface area (Å²) in [5, 5.41) is 21.5. The number of nitrogens with zero attached hydrogens (tertiary/aromatic N) is 2. The molecule has 0 unspecified atom stereocenters. The number of hydrogen-bond donors (Lipinski definition) is 1. The summed E-state index contributed by atoms with van der Waals surface area (Å²) in [5.41, 5.74) is 0.487. The second kappa shape index (κ2) is 5.69. The molecule has 2 heterocycles. The fourth-order valence-electron chi connectivity index (χ4n) is 2.56. The van der Waals surface area contributed by atoms with Crippen LogP contribution >= 0.6 is 11.3 Å². The van der Waals surface area contributed by atoms with Crippen LogP contribution in [0.15, 0.2) is 6.07 Å². The zero-order valence-corrected chi connectivity index (χ0v) is 13.1. The largest absolute Gasteiger partial charge is 0.388 e. The Morgan fingerprint density at radius 1 is 1.55 bits per heavy atom. The topological polar surface area (TPSA) is 66.6 Å². The predicted octanol–water partition coefficient (Wildman–Crippen LogP) is 3.73. The third-order valence-electron chi connectivity index (χ3n) is 4.43. The maximum Gasteiger partial charge on any atom is 0.304 e. The number of aliphatic hydroxyl groups excluding tert-OH is 1. The van der Waals surface area contributed by atoms with E-state index in [1.807, 2.05) is 0 Å². The minimum Gasteiger partial charge on any atom is -0.388 e. The van der Waals surface area contributed by atoms with E-state index < -0.39 is 6.10 Å². The summed E-state index contributed by atoms with van der Waals surface area (Å²) in [6.45, 7) is 7.84. The molecule has 1 aromatic heterocycles. The normalized spacial score (nSPS) is 19.9. The van der Waals surface area contributed by atoms with E-state index >= 15 is 0 Å². The van der Waals surface area contributed by atoms with Crippen molar-refractivity contribution >= 4 is 22.0 Å². The van der Waals surface area contributed by atoms with Crippen LogP contribution in [0.2, 0.25) is 0 Å². The number of piperidine rings is 1. The molecule has 112 valence electrons. The molecule has 0 aliphatic carbocycles. The van der Waals surface area contributed by atoms with Crippen LogP contribution in [0.3, 0.4) is 0 Å². The summed E-state index contributed by atoms with van der Waals surface area (Å²) in [5.74, 6) is 0. The molecule has 0 saturated carbocycles. The van der Waals surface area contributed by atoms with E-state index in [1.165, 1.54) is 17.4 Å². The first-order valence-electron chi connectivity index (χ1n) is 7.07. The Balaban J connectivity index is 2.23. The van der Waals surface area contributed by atoms with Crippen molar-refractivity contribution in [3.05, 3.63) is 21.1 Å². The molecule has 0 aromatic carbocycles. The van der Waals surface area contributed by atoms with Gasteiger partial charge in [-0.15, -0.1) is 11.3 Å². The molecular formula is C14H22N2O3S. The molecule has 5 nitrogen and oxygen atoms in total. The Morgan fingerprint density at radius 2 is 2.15 bits per heavy atom. The molecule has 20 heavy (non-hydrogen) atoms. The van der Waals surface area contributed by atoms with Crippen LogP contribution in [-0.4, -0.2) is 23.1 Å². The first kappa shape index (κ1) is 15.3. The summed E-state index contributed by atoms with van der Waals surface area (Å²) < 4.78 is 0. The number of anilines is 1. The van der Waals surface area contributed by atoms with E-state index in [4.69, 9.17) is 0 Å². The van der Waals surface area contributed by atoms with Crippen LogP contribution in [-0.2, 0) is 0 Å². The van der Waals surface area contributed by atoms with Gasteiger partial charge in [0, 0.05) is 24.0 Å². The van der Waals surface area contributed by atoms with Crippen LogP contribution in [0.25, 0.3) is 0 Å². The maximum absolute atomic E-state index is 11.2. The molecule has 1 aromatic rings. The van der Waals surface area contributed by atoms with Crippen LogP contribution < -0.4 is 4.90 Å². The smallest absolute Gasteiger partial charge is 0.304 e. The van der Waals surface area contributed by atoms with Gasteiger partial charge in [-0.3, -0.25) is 10.1 Å². The van der Waals surface area contributed by atoms with Gasteiger partial charge in [0.1, 0.15) is 0 Å². The molecule has 0 bridgehead atoms. The van der Waals surface area contributed by atoms with Crippen LogP contribution in [0.5, 0.6) is 0 Å². The monoisotopic (exact) mass is 298 g/mol. The lowest BCUT2D eigenvalue weighted by molar-refractivity contribution is -0.383. The Labute approximate surface area is 123 Å². The quantitative estimate of drug-likeness (QED) is 0.679. The van der Waals surface area contributed by atoms with Crippen LogP contribution in [0, 0.1) is 15.5 Å². The fourth-order valence-corrected chi connectivity index (χ4v) is 3.67. The van der Waals surface area contributed by atoms with E-state index in [0.717, 1.165) is 32.4 Å². The van der Waals surface area contributed by atoms with Crippen molar-refractivity contribution in [1.82, 2.24) is 0 Å². The molecule has 0 amide bonds. The summed E-state index contributed by atoms with van der Waals surface area (Å²) in [6.07, 6.45) is 2.61. The third kappa shape index (κ3) is 2.96. The van der Waals surface area contributed by atoms with Crippen molar-refractivity contribution in [3.63, 3.8) is 0 Å². The maximum atomic E-state index is 11.2. The highest BCUT2D eigenvalue weighted by molar-refractivity contribution is 7.16. The number of rotatable bonds is 4. The van der Waals surface area contributed by atoms with Gasteiger partial charge in [-0.2, -0.15) is 0 Å². The van der Waals surface area contributed by atoms with Gasteiger partial charge in [0.05, 0.1) is 11.0 Å². The van der Waals surface area contributed by atoms with Gasteiger partial charge in [-0.1, -0.05) is 20.3 Å². The first-order valence-corrected chi connectivity index (χ1v) is 7.89. The molecule has 2 rings (SSSR count). The van der Waals surface area contributed by atoms with E-state index in [-0.39, 0.29) is 10.6 Å². The minimum atomic E-state index is -0.654. The van der Waals surface area contributed by atoms with Crippen molar-refractivity contribution in [2.24, 2.45) is 5.41 Å². The van der Waals surface area contributed by atoms with Gasteiger partial charge in [-0.05, 0) is 25.2 Å². The molecule has 1 N–H and O–H groups in total. The molecule has 1 aliphatic rings. The molecule has 1 atom stereocenters. The average Bonchev–Trinajstić information content (AvgIpc) is 2.85. The molecular weight excluding hydrogens is 276 g/mol. The van der Waals surface area contributed by atoms with Gasteiger partial charge in [-0.25, -0.2) is 0 Å². The number of aliphatic hydroxyl groups is 1. The van der Waals surface area contributed by atoms with E-state index in [1.54, 1.807) is 6.92 Å². The van der Waals surface area contributed by atoms with Crippen LogP contribution in [0.1, 0.15) is 51.0 Å². The molecule has 6 heteroatoms. The molecule has 0 spiro atoms. The van der Waals surface area contributed by atoms with Crippen LogP contribution in [0.4, 0.5) is 10.7 Å². The van der Waals surface area contributed by atoms with Gasteiger partial charge in [0.15, 0.2) is 5.00 Å². The summed E-state index contributed by atoms with van der Waals surface area (Å²) in [4.78, 5) is 13.6. The Hall–Kier alpha value is -1.14. The molecule has 1 fully saturated rings. The van der Waals surface area contributed by atoms with Gasteiger partial charge < -0.3 is 10.0 Å². The van der Waals surface area contributed by atoms with Crippen molar-refractivity contribution in [1.29, 1.82) is 0 Å². The van der Waals surface area contributed by atoms with Crippen molar-refractivity contribution < 1.29 is 10.0 Å². The van der Waals surface area contributed by atoms with E-state index in [2.05, 4.69) is 18.7 Å². The Morgan fingerprint density at radius 3 is 2.60 bits per heavy atom. The number of thiophene rings is 1. The lowest BCUT2D eigenvalue weighted by atomic mass is 9.78. The van der Waals surface area contributed by atoms with Crippen molar-refractivity contribution in [2.45, 2.75) is 46.1 Å². The zero-order valence-electron chi connectivity index (χ0n) is 12.3. The molecule has 0 radical (unpaired) electrons. The lowest BCUT2D eigenvalue weighted by Crippen LogP contribution is -2.38. The van der Waals surface area contributed by atoms with Gasteiger partial charge >= 0.3 is 5.69 Å². The molecule has 1 saturated heterocycles. The highest BCUT2D eigenvalue weighted by atomic mass is 32.1. The van der Waals surface area contributed by atoms with Crippen molar-refractivity contribution in [2.75, 3.05) is 18.0 Å². The second-order valence-electron chi connectivity index (χ2n) is 5.92. The highest BCUT2D eigenvalue weighted by Gasteiger charge is 2.32. The fraction of sp³-hybridized carbons (Fsp3) is 0.714. The highest BCUT2D eigenvalue weighted by Crippen LogP contribution is 2.43. The standard InChI is InChI=1S/C14H22N2O3S/c1-4-14(3)5-7-15(8-6-14)13-11(16(18)19)9-12(20-13)10(2)17/h9-10,17H,4-8H2,1-3H3/t10-/m0/s1. The van der Waals surface area contributed by atoms with Gasteiger partial charge in [0.25, 0.3) is 0 Å². The third-order valence-corrected chi connectivity index (χ3v) is 5.79. The van der Waals surface area contributed by atoms with Gasteiger partial charge in [0.2, 0.25) is 0 Å². The minimum absolute atomic E-state index is 0.131. The van der Waals surface area contributed by atoms with E-state index in [0.29, 0.717) is 15.3 Å². The SMILES string of the molecule is CCC1(C)CCN(c2sc([C@H](C)O)cc2[N+](=O)[O-])CC1. The summed E-state index contributed by atoms with van der Waals surface area (Å²) in [7, 11) is 0. The number of hydrogen-bond acceptors (Lipinski definition) is 5. The average molecular weight is 298 g/mol. The predicted molar refractivity (Wildman–Crippen MR) is 81.5 cm³/mol. The Kier molecular flexibility index (Phi) is 4.34. The first-order chi connectivity index (χ1) is 9.36. The lowest BCUT2D eigenvalue weighted by Gasteiger charge is -2.39.